The molecule has 1 N–H and O–H groups in total. The Balaban J connectivity index is 0.0000144. The zero-order valence-corrected chi connectivity index (χ0v) is 27.5. The summed E-state index contributed by atoms with van der Waals surface area (Å²) < 4.78 is 48.8. The van der Waals surface area contributed by atoms with Gasteiger partial charge in [0.2, 0.25) is 0 Å². The standard InChI is InChI=1S/C27H44O10S.K/c1-2-3-4-5-6-7-8-9-10-11-12-13-14-15-16-17-24(29)35-20-27(19-28)21-36-25(30)18-23(38(32,33)34)26(31)37-22-27;/h23,28H,2-8,11-22H2,1H3,(H,32,33,34);/q;+1/p-1. The molecule has 0 aliphatic carbocycles. The molecule has 218 valence electrons. The van der Waals surface area contributed by atoms with Crippen molar-refractivity contribution in [3.63, 3.8) is 0 Å². The largest absolute Gasteiger partial charge is 1.00 e. The Labute approximate surface area is 275 Å². The topological polar surface area (TPSA) is 156 Å². The van der Waals surface area contributed by atoms with Crippen molar-refractivity contribution in [3.8, 4) is 11.8 Å². The minimum absolute atomic E-state index is 0. The summed E-state index contributed by atoms with van der Waals surface area (Å²) in [7, 11) is -5.14. The Morgan fingerprint density at radius 2 is 1.51 bits per heavy atom. The summed E-state index contributed by atoms with van der Waals surface area (Å²) in [6.07, 6.45) is 13.2. The third-order valence-corrected chi connectivity index (χ3v) is 7.42. The number of hydrogen-bond acceptors (Lipinski definition) is 10. The van der Waals surface area contributed by atoms with Gasteiger partial charge >= 0.3 is 69.3 Å². The van der Waals surface area contributed by atoms with Gasteiger partial charge in [0.15, 0.2) is 5.25 Å². The molecule has 10 nitrogen and oxygen atoms in total. The van der Waals surface area contributed by atoms with Crippen LogP contribution in [0.3, 0.4) is 0 Å². The fourth-order valence-electron chi connectivity index (χ4n) is 3.82. The van der Waals surface area contributed by atoms with Gasteiger partial charge in [0.1, 0.15) is 29.9 Å². The zero-order valence-electron chi connectivity index (χ0n) is 23.5. The maximum atomic E-state index is 12.2. The fraction of sp³-hybridized carbons (Fsp3) is 0.815. The summed E-state index contributed by atoms with van der Waals surface area (Å²) in [5.41, 5.74) is -1.46. The molecule has 0 radical (unpaired) electrons. The van der Waals surface area contributed by atoms with Gasteiger partial charge in [0.25, 0.3) is 0 Å². The maximum absolute atomic E-state index is 12.2. The molecule has 12 heteroatoms. The number of ether oxygens (including phenoxy) is 3. The molecule has 0 bridgehead atoms. The van der Waals surface area contributed by atoms with Crippen LogP contribution in [0.25, 0.3) is 0 Å². The predicted octanol–water partition coefficient (Wildman–Crippen LogP) is 0.401. The number of aliphatic hydroxyl groups excluding tert-OH is 1. The second kappa shape index (κ2) is 22.1. The molecule has 0 spiro atoms. The predicted molar refractivity (Wildman–Crippen MR) is 139 cm³/mol. The number of carbonyl (C=O) groups is 3. The van der Waals surface area contributed by atoms with E-state index in [1.54, 1.807) is 0 Å². The third kappa shape index (κ3) is 17.8. The van der Waals surface area contributed by atoms with Gasteiger partial charge in [-0.1, -0.05) is 58.3 Å². The van der Waals surface area contributed by atoms with Crippen molar-refractivity contribution in [1.82, 2.24) is 0 Å². The van der Waals surface area contributed by atoms with Gasteiger partial charge in [-0.15, -0.1) is 11.8 Å². The van der Waals surface area contributed by atoms with Crippen molar-refractivity contribution < 1.29 is 98.1 Å². The van der Waals surface area contributed by atoms with Gasteiger partial charge < -0.3 is 23.9 Å². The van der Waals surface area contributed by atoms with Crippen LogP contribution in [0, 0.1) is 17.3 Å². The first-order chi connectivity index (χ1) is 18.1. The normalized spacial score (nSPS) is 19.7. The quantitative estimate of drug-likeness (QED) is 0.0621. The van der Waals surface area contributed by atoms with Crippen LogP contribution in [-0.4, -0.2) is 67.7 Å². The van der Waals surface area contributed by atoms with Crippen LogP contribution >= 0.6 is 0 Å². The first-order valence-electron chi connectivity index (χ1n) is 13.6. The second-order valence-corrected chi connectivity index (χ2v) is 11.5. The number of hydrogen-bond donors (Lipinski definition) is 1. The number of rotatable bonds is 17. The molecule has 1 aliphatic heterocycles. The summed E-state index contributed by atoms with van der Waals surface area (Å²) in [5.74, 6) is 3.43. The molecule has 1 fully saturated rings. The Bertz CT molecular complexity index is 896. The van der Waals surface area contributed by atoms with Crippen molar-refractivity contribution in [2.24, 2.45) is 5.41 Å². The average Bonchev–Trinajstić information content (AvgIpc) is 2.94. The smallest absolute Gasteiger partial charge is 0.747 e. The molecular formula is C27H43KO10S. The van der Waals surface area contributed by atoms with E-state index in [9.17, 15) is 32.5 Å². The Hall–Kier alpha value is -0.524. The van der Waals surface area contributed by atoms with Crippen LogP contribution in [0.5, 0.6) is 0 Å². The summed E-state index contributed by atoms with van der Waals surface area (Å²) in [5, 5.41) is 7.58. The maximum Gasteiger partial charge on any atom is 1.00 e. The van der Waals surface area contributed by atoms with Crippen LogP contribution < -0.4 is 51.4 Å². The molecule has 0 aromatic rings. The van der Waals surface area contributed by atoms with Crippen molar-refractivity contribution >= 4 is 28.0 Å². The molecule has 1 heterocycles. The first kappa shape index (κ1) is 38.5. The van der Waals surface area contributed by atoms with Gasteiger partial charge in [-0.05, 0) is 19.3 Å². The van der Waals surface area contributed by atoms with E-state index in [4.69, 9.17) is 14.2 Å². The van der Waals surface area contributed by atoms with E-state index in [0.717, 1.165) is 38.5 Å². The number of unbranched alkanes of at least 4 members (excludes halogenated alkanes) is 11. The monoisotopic (exact) mass is 598 g/mol. The molecular weight excluding hydrogens is 555 g/mol. The van der Waals surface area contributed by atoms with E-state index >= 15 is 0 Å². The molecule has 1 rings (SSSR count). The summed E-state index contributed by atoms with van der Waals surface area (Å²) in [6, 6.07) is 0. The molecule has 2 unspecified atom stereocenters. The summed E-state index contributed by atoms with van der Waals surface area (Å²) >= 11 is 0. The SMILES string of the molecule is CCCCCCCCC#CCCCCCCCC(=O)OCC1(CO)COC(=O)CC(S(=O)(=O)[O-])C(=O)OC1.[K+]. The molecule has 0 aromatic heterocycles. The van der Waals surface area contributed by atoms with Crippen LogP contribution in [0.4, 0.5) is 0 Å². The van der Waals surface area contributed by atoms with Gasteiger partial charge in [0.05, 0.1) is 18.4 Å². The van der Waals surface area contributed by atoms with Gasteiger partial charge in [-0.2, -0.15) is 0 Å². The molecule has 1 aliphatic rings. The number of esters is 3. The Morgan fingerprint density at radius 3 is 2.08 bits per heavy atom. The van der Waals surface area contributed by atoms with E-state index in [0.29, 0.717) is 6.42 Å². The molecule has 0 amide bonds. The van der Waals surface area contributed by atoms with Crippen molar-refractivity contribution in [1.29, 1.82) is 0 Å². The molecule has 2 atom stereocenters. The Morgan fingerprint density at radius 1 is 0.974 bits per heavy atom. The zero-order chi connectivity index (χ0) is 28.3. The summed E-state index contributed by atoms with van der Waals surface area (Å²) in [4.78, 5) is 36.0. The minimum Gasteiger partial charge on any atom is -0.747 e. The van der Waals surface area contributed by atoms with Crippen LogP contribution in [0.1, 0.15) is 103 Å². The van der Waals surface area contributed by atoms with E-state index in [1.807, 2.05) is 0 Å². The minimum atomic E-state index is -5.14. The van der Waals surface area contributed by atoms with Crippen molar-refractivity contribution in [2.45, 2.75) is 108 Å². The van der Waals surface area contributed by atoms with Gasteiger partial charge in [-0.3, -0.25) is 14.4 Å². The van der Waals surface area contributed by atoms with Gasteiger partial charge in [-0.25, -0.2) is 8.42 Å². The second-order valence-electron chi connectivity index (χ2n) is 9.91. The van der Waals surface area contributed by atoms with E-state index in [-0.39, 0.29) is 57.8 Å². The van der Waals surface area contributed by atoms with Crippen LogP contribution in [0.2, 0.25) is 0 Å². The van der Waals surface area contributed by atoms with Gasteiger partial charge in [0, 0.05) is 19.3 Å². The fourth-order valence-corrected chi connectivity index (χ4v) is 4.46. The molecule has 39 heavy (non-hydrogen) atoms. The van der Waals surface area contributed by atoms with Crippen LogP contribution in [-0.2, 0) is 38.7 Å². The average molecular weight is 599 g/mol. The van der Waals surface area contributed by atoms with E-state index in [2.05, 4.69) is 18.8 Å². The third-order valence-electron chi connectivity index (χ3n) is 6.36. The van der Waals surface area contributed by atoms with Crippen molar-refractivity contribution in [2.75, 3.05) is 26.4 Å². The molecule has 0 aromatic carbocycles. The Kier molecular flexibility index (Phi) is 21.8. The van der Waals surface area contributed by atoms with Crippen LogP contribution in [0.15, 0.2) is 0 Å². The summed E-state index contributed by atoms with van der Waals surface area (Å²) in [6.45, 7) is 0.0763. The molecule has 0 saturated carbocycles. The van der Waals surface area contributed by atoms with E-state index in [1.165, 1.54) is 38.5 Å². The first-order valence-corrected chi connectivity index (χ1v) is 15.1. The molecule has 1 saturated heterocycles. The number of cyclic esters (lactones) is 2. The van der Waals surface area contributed by atoms with Crippen molar-refractivity contribution in [3.05, 3.63) is 0 Å². The number of aliphatic hydroxyl groups is 1. The number of carbonyl (C=O) groups excluding carboxylic acids is 3. The van der Waals surface area contributed by atoms with E-state index < -0.39 is 71.5 Å².